The first-order chi connectivity index (χ1) is 11.2. The van der Waals surface area contributed by atoms with Crippen LogP contribution in [0.15, 0.2) is 24.3 Å². The fraction of sp³-hybridized carbons (Fsp3) is 0.579. The first-order valence-electron chi connectivity index (χ1n) is 8.74. The maximum Gasteiger partial charge on any atom is 0.222 e. The molecule has 0 aromatic heterocycles. The van der Waals surface area contributed by atoms with Crippen molar-refractivity contribution in [2.75, 3.05) is 19.6 Å². The zero-order valence-corrected chi connectivity index (χ0v) is 13.4. The van der Waals surface area contributed by atoms with Gasteiger partial charge in [-0.05, 0) is 48.8 Å². The molecule has 3 heterocycles. The molecule has 4 rings (SSSR count). The highest BCUT2D eigenvalue weighted by Gasteiger charge is 2.43. The number of carbonyl (C=O) groups is 1. The monoisotopic (exact) mass is 309 g/mol. The third kappa shape index (κ3) is 2.86. The van der Waals surface area contributed by atoms with Gasteiger partial charge in [-0.15, -0.1) is 0 Å². The normalized spacial score (nSPS) is 30.7. The van der Waals surface area contributed by atoms with E-state index in [-0.39, 0.29) is 0 Å². The van der Waals surface area contributed by atoms with Gasteiger partial charge in [-0.2, -0.15) is 5.26 Å². The lowest BCUT2D eigenvalue weighted by Crippen LogP contribution is -2.60. The summed E-state index contributed by atoms with van der Waals surface area (Å²) in [6.45, 7) is 4.03. The summed E-state index contributed by atoms with van der Waals surface area (Å²) in [5, 5.41) is 9.05. The van der Waals surface area contributed by atoms with E-state index >= 15 is 0 Å². The number of carbonyl (C=O) groups excluding carboxylic acids is 1. The predicted octanol–water partition coefficient (Wildman–Crippen LogP) is 2.39. The van der Waals surface area contributed by atoms with Gasteiger partial charge in [0.1, 0.15) is 0 Å². The van der Waals surface area contributed by atoms with Crippen LogP contribution in [0.1, 0.15) is 36.8 Å². The van der Waals surface area contributed by atoms with Gasteiger partial charge >= 0.3 is 0 Å². The molecular formula is C19H23N3O. The maximum atomic E-state index is 12.2. The van der Waals surface area contributed by atoms with Crippen molar-refractivity contribution >= 4 is 5.91 Å². The van der Waals surface area contributed by atoms with Crippen molar-refractivity contribution in [3.05, 3.63) is 35.4 Å². The Hall–Kier alpha value is -1.86. The van der Waals surface area contributed by atoms with E-state index in [1.165, 1.54) is 18.4 Å². The minimum absolute atomic E-state index is 0.381. The molecule has 3 fully saturated rings. The smallest absolute Gasteiger partial charge is 0.222 e. The number of fused-ring (bicyclic) bond motifs is 4. The van der Waals surface area contributed by atoms with E-state index in [1.807, 2.05) is 18.2 Å². The molecule has 0 aliphatic carbocycles. The van der Waals surface area contributed by atoms with Crippen LogP contribution in [-0.4, -0.2) is 41.4 Å². The van der Waals surface area contributed by atoms with Gasteiger partial charge in [-0.25, -0.2) is 0 Å². The molecule has 1 aromatic carbocycles. The molecule has 4 nitrogen and oxygen atoms in total. The molecule has 4 heteroatoms. The first-order valence-corrected chi connectivity index (χ1v) is 8.74. The Labute approximate surface area is 137 Å². The lowest BCUT2D eigenvalue weighted by atomic mass is 9.76. The third-order valence-electron chi connectivity index (χ3n) is 5.72. The highest BCUT2D eigenvalue weighted by atomic mass is 16.2. The largest absolute Gasteiger partial charge is 0.339 e. The zero-order valence-electron chi connectivity index (χ0n) is 13.4. The van der Waals surface area contributed by atoms with Gasteiger partial charge in [0.25, 0.3) is 0 Å². The van der Waals surface area contributed by atoms with Crippen LogP contribution < -0.4 is 0 Å². The number of piperidine rings is 3. The van der Waals surface area contributed by atoms with Crippen molar-refractivity contribution in [2.45, 2.75) is 38.3 Å². The van der Waals surface area contributed by atoms with E-state index < -0.39 is 0 Å². The summed E-state index contributed by atoms with van der Waals surface area (Å²) in [6.07, 6.45) is 4.27. The summed E-state index contributed by atoms with van der Waals surface area (Å²) in [5.74, 6) is 1.63. The third-order valence-corrected chi connectivity index (χ3v) is 5.72. The summed E-state index contributed by atoms with van der Waals surface area (Å²) in [4.78, 5) is 16.9. The highest BCUT2D eigenvalue weighted by molar-refractivity contribution is 5.77. The van der Waals surface area contributed by atoms with Crippen molar-refractivity contribution in [1.82, 2.24) is 9.80 Å². The standard InChI is InChI=1S/C19H23N3O/c20-9-14-3-1-4-15(7-14)10-21-11-16-8-17(13-21)18-5-2-6-19(23)22(18)12-16/h1,3-4,7,16-18H,2,5-6,8,10-13H2/t16-,17?,18-/m0/s1. The number of amides is 1. The summed E-state index contributed by atoms with van der Waals surface area (Å²) in [7, 11) is 0. The molecule has 3 atom stereocenters. The predicted molar refractivity (Wildman–Crippen MR) is 87.4 cm³/mol. The lowest BCUT2D eigenvalue weighted by Gasteiger charge is -2.52. The number of likely N-dealkylation sites (tertiary alicyclic amines) is 1. The van der Waals surface area contributed by atoms with Crippen molar-refractivity contribution < 1.29 is 4.79 Å². The number of rotatable bonds is 2. The van der Waals surface area contributed by atoms with Crippen molar-refractivity contribution in [1.29, 1.82) is 5.26 Å². The Kier molecular flexibility index (Phi) is 3.82. The Morgan fingerprint density at radius 1 is 1.26 bits per heavy atom. The van der Waals surface area contributed by atoms with E-state index in [2.05, 4.69) is 21.9 Å². The second-order valence-electron chi connectivity index (χ2n) is 7.37. The second kappa shape index (κ2) is 5.98. The number of hydrogen-bond acceptors (Lipinski definition) is 3. The van der Waals surface area contributed by atoms with Gasteiger partial charge in [-0.3, -0.25) is 9.69 Å². The zero-order chi connectivity index (χ0) is 15.8. The number of nitrogens with zero attached hydrogens (tertiary/aromatic N) is 3. The second-order valence-corrected chi connectivity index (χ2v) is 7.37. The quantitative estimate of drug-likeness (QED) is 0.843. The summed E-state index contributed by atoms with van der Waals surface area (Å²) >= 11 is 0. The molecule has 1 aromatic rings. The number of hydrogen-bond donors (Lipinski definition) is 0. The van der Waals surface area contributed by atoms with E-state index in [4.69, 9.17) is 5.26 Å². The van der Waals surface area contributed by atoms with Crippen molar-refractivity contribution in [3.8, 4) is 6.07 Å². The van der Waals surface area contributed by atoms with Crippen LogP contribution in [0.25, 0.3) is 0 Å². The molecule has 120 valence electrons. The van der Waals surface area contributed by atoms with E-state index in [9.17, 15) is 4.79 Å². The minimum Gasteiger partial charge on any atom is -0.339 e. The van der Waals surface area contributed by atoms with Crippen LogP contribution in [0.4, 0.5) is 0 Å². The Balaban J connectivity index is 1.47. The molecule has 0 saturated carbocycles. The van der Waals surface area contributed by atoms with Gasteiger partial charge in [0, 0.05) is 38.6 Å². The SMILES string of the molecule is N#Cc1cccc(CN2CC3C[C@@H](C2)CN2C(=O)CCC[C@@H]32)c1. The lowest BCUT2D eigenvalue weighted by molar-refractivity contribution is -0.145. The van der Waals surface area contributed by atoms with E-state index in [0.717, 1.165) is 44.6 Å². The molecule has 1 amide bonds. The Bertz CT molecular complexity index is 650. The fourth-order valence-electron chi connectivity index (χ4n) is 4.84. The Morgan fingerprint density at radius 2 is 2.17 bits per heavy atom. The van der Waals surface area contributed by atoms with Gasteiger partial charge in [0.15, 0.2) is 0 Å². The van der Waals surface area contributed by atoms with Crippen LogP contribution >= 0.6 is 0 Å². The molecule has 3 saturated heterocycles. The summed E-state index contributed by atoms with van der Waals surface area (Å²) in [5.41, 5.74) is 1.96. The topological polar surface area (TPSA) is 47.3 Å². The molecule has 0 spiro atoms. The van der Waals surface area contributed by atoms with Gasteiger partial charge in [0.05, 0.1) is 11.6 Å². The number of nitriles is 1. The van der Waals surface area contributed by atoms with Crippen LogP contribution in [0.3, 0.4) is 0 Å². The van der Waals surface area contributed by atoms with Crippen LogP contribution in [0.5, 0.6) is 0 Å². The van der Waals surface area contributed by atoms with Crippen molar-refractivity contribution in [3.63, 3.8) is 0 Å². The molecule has 0 N–H and O–H groups in total. The molecule has 3 aliphatic rings. The minimum atomic E-state index is 0.381. The van der Waals surface area contributed by atoms with E-state index in [0.29, 0.717) is 23.8 Å². The molecule has 0 radical (unpaired) electrons. The van der Waals surface area contributed by atoms with Crippen molar-refractivity contribution in [2.24, 2.45) is 11.8 Å². The van der Waals surface area contributed by atoms with Crippen LogP contribution in [-0.2, 0) is 11.3 Å². The first kappa shape index (κ1) is 14.7. The highest BCUT2D eigenvalue weighted by Crippen LogP contribution is 2.38. The summed E-state index contributed by atoms with van der Waals surface area (Å²) < 4.78 is 0. The molecule has 23 heavy (non-hydrogen) atoms. The van der Waals surface area contributed by atoms with Gasteiger partial charge < -0.3 is 4.90 Å². The van der Waals surface area contributed by atoms with Gasteiger partial charge in [0.2, 0.25) is 5.91 Å². The number of benzene rings is 1. The maximum absolute atomic E-state index is 12.2. The average molecular weight is 309 g/mol. The average Bonchev–Trinajstić information content (AvgIpc) is 2.56. The molecule has 1 unspecified atom stereocenters. The van der Waals surface area contributed by atoms with Crippen LogP contribution in [0.2, 0.25) is 0 Å². The van der Waals surface area contributed by atoms with Crippen LogP contribution in [0, 0.1) is 23.2 Å². The molecule has 3 aliphatic heterocycles. The van der Waals surface area contributed by atoms with E-state index in [1.54, 1.807) is 0 Å². The summed E-state index contributed by atoms with van der Waals surface area (Å²) in [6, 6.07) is 10.6. The molecular weight excluding hydrogens is 286 g/mol. The molecule has 2 bridgehead atoms. The fourth-order valence-corrected chi connectivity index (χ4v) is 4.84. The van der Waals surface area contributed by atoms with Gasteiger partial charge in [-0.1, -0.05) is 12.1 Å². The Morgan fingerprint density at radius 3 is 3.04 bits per heavy atom.